The van der Waals surface area contributed by atoms with Crippen molar-refractivity contribution in [2.75, 3.05) is 6.54 Å². The molecule has 6 nitrogen and oxygen atoms in total. The SMILES string of the molecule is CC(C)(C)OC(=O)C1C(Cc2ccccc2)C(O)CN1C(=O)OC(C)(C)C. The second-order valence-electron chi connectivity index (χ2n) is 9.03. The molecule has 150 valence electrons. The molecule has 3 atom stereocenters. The van der Waals surface area contributed by atoms with E-state index in [1.165, 1.54) is 4.90 Å². The van der Waals surface area contributed by atoms with Crippen LogP contribution in [0.4, 0.5) is 4.79 Å². The van der Waals surface area contributed by atoms with E-state index < -0.39 is 41.3 Å². The number of likely N-dealkylation sites (tertiary alicyclic amines) is 1. The zero-order valence-electron chi connectivity index (χ0n) is 17.1. The van der Waals surface area contributed by atoms with Crippen LogP contribution >= 0.6 is 0 Å². The van der Waals surface area contributed by atoms with E-state index in [0.717, 1.165) is 5.56 Å². The number of rotatable bonds is 3. The van der Waals surface area contributed by atoms with Crippen LogP contribution in [0.2, 0.25) is 0 Å². The van der Waals surface area contributed by atoms with Gasteiger partial charge in [0.05, 0.1) is 12.6 Å². The fourth-order valence-corrected chi connectivity index (χ4v) is 3.20. The molecule has 1 fully saturated rings. The van der Waals surface area contributed by atoms with Gasteiger partial charge in [-0.1, -0.05) is 30.3 Å². The first-order valence-corrected chi connectivity index (χ1v) is 9.32. The van der Waals surface area contributed by atoms with Crippen LogP contribution in [-0.4, -0.2) is 52.0 Å². The predicted molar refractivity (Wildman–Crippen MR) is 102 cm³/mol. The molecule has 1 aliphatic heterocycles. The van der Waals surface area contributed by atoms with E-state index >= 15 is 0 Å². The van der Waals surface area contributed by atoms with Crippen LogP contribution in [-0.2, 0) is 20.7 Å². The molecule has 0 aromatic heterocycles. The van der Waals surface area contributed by atoms with E-state index in [2.05, 4.69) is 0 Å². The summed E-state index contributed by atoms with van der Waals surface area (Å²) < 4.78 is 11.0. The second kappa shape index (κ2) is 7.89. The van der Waals surface area contributed by atoms with Crippen molar-refractivity contribution in [1.29, 1.82) is 0 Å². The monoisotopic (exact) mass is 377 g/mol. The number of carbonyl (C=O) groups excluding carboxylic acids is 2. The number of carbonyl (C=O) groups is 2. The molecule has 1 aromatic rings. The van der Waals surface area contributed by atoms with E-state index in [1.54, 1.807) is 41.5 Å². The van der Waals surface area contributed by atoms with Gasteiger partial charge in [-0.2, -0.15) is 0 Å². The summed E-state index contributed by atoms with van der Waals surface area (Å²) in [4.78, 5) is 26.9. The van der Waals surface area contributed by atoms with Crippen LogP contribution in [0.1, 0.15) is 47.1 Å². The Morgan fingerprint density at radius 1 is 1.04 bits per heavy atom. The van der Waals surface area contributed by atoms with Crippen molar-refractivity contribution in [2.45, 2.75) is 71.3 Å². The second-order valence-corrected chi connectivity index (χ2v) is 9.03. The lowest BCUT2D eigenvalue weighted by atomic mass is 9.90. The molecule has 27 heavy (non-hydrogen) atoms. The van der Waals surface area contributed by atoms with Gasteiger partial charge in [-0.15, -0.1) is 0 Å². The van der Waals surface area contributed by atoms with E-state index in [9.17, 15) is 14.7 Å². The van der Waals surface area contributed by atoms with Gasteiger partial charge in [0.15, 0.2) is 0 Å². The fourth-order valence-electron chi connectivity index (χ4n) is 3.20. The van der Waals surface area contributed by atoms with Crippen LogP contribution < -0.4 is 0 Å². The largest absolute Gasteiger partial charge is 0.458 e. The van der Waals surface area contributed by atoms with Crippen molar-refractivity contribution in [1.82, 2.24) is 4.90 Å². The summed E-state index contributed by atoms with van der Waals surface area (Å²) in [6, 6.07) is 8.71. The van der Waals surface area contributed by atoms with Gasteiger partial charge in [0.25, 0.3) is 0 Å². The Morgan fingerprint density at radius 3 is 2.11 bits per heavy atom. The van der Waals surface area contributed by atoms with Crippen LogP contribution in [0.5, 0.6) is 0 Å². The summed E-state index contributed by atoms with van der Waals surface area (Å²) in [6.45, 7) is 10.7. The number of esters is 1. The Hall–Kier alpha value is -2.08. The average molecular weight is 377 g/mol. The van der Waals surface area contributed by atoms with E-state index in [-0.39, 0.29) is 6.54 Å². The maximum atomic E-state index is 12.9. The van der Waals surface area contributed by atoms with E-state index in [0.29, 0.717) is 6.42 Å². The van der Waals surface area contributed by atoms with Gasteiger partial charge < -0.3 is 14.6 Å². The Bertz CT molecular complexity index is 659. The molecule has 1 N–H and O–H groups in total. The highest BCUT2D eigenvalue weighted by molar-refractivity contribution is 5.83. The summed E-state index contributed by atoms with van der Waals surface area (Å²) >= 11 is 0. The quantitative estimate of drug-likeness (QED) is 0.819. The molecule has 0 radical (unpaired) electrons. The van der Waals surface area contributed by atoms with Crippen LogP contribution in [0.15, 0.2) is 30.3 Å². The zero-order valence-corrected chi connectivity index (χ0v) is 17.1. The molecule has 1 aromatic carbocycles. The first-order valence-electron chi connectivity index (χ1n) is 9.32. The van der Waals surface area contributed by atoms with Gasteiger partial charge in [0.2, 0.25) is 0 Å². The summed E-state index contributed by atoms with van der Waals surface area (Å²) in [5, 5.41) is 10.6. The number of ether oxygens (including phenoxy) is 2. The molecule has 1 amide bonds. The van der Waals surface area contributed by atoms with E-state index in [4.69, 9.17) is 9.47 Å². The average Bonchev–Trinajstić information content (AvgIpc) is 2.82. The highest BCUT2D eigenvalue weighted by atomic mass is 16.6. The molecule has 1 heterocycles. The van der Waals surface area contributed by atoms with Crippen LogP contribution in [0, 0.1) is 5.92 Å². The maximum absolute atomic E-state index is 12.9. The number of hydrogen-bond donors (Lipinski definition) is 1. The molecule has 0 spiro atoms. The van der Waals surface area contributed by atoms with Crippen molar-refractivity contribution in [2.24, 2.45) is 5.92 Å². The molecular formula is C21H31NO5. The summed E-state index contributed by atoms with van der Waals surface area (Å²) in [7, 11) is 0. The van der Waals surface area contributed by atoms with Gasteiger partial charge in [0.1, 0.15) is 17.2 Å². The topological polar surface area (TPSA) is 76.1 Å². The van der Waals surface area contributed by atoms with Crippen LogP contribution in [0.25, 0.3) is 0 Å². The lowest BCUT2D eigenvalue weighted by molar-refractivity contribution is -0.161. The third kappa shape index (κ3) is 5.96. The number of nitrogens with zero attached hydrogens (tertiary/aromatic N) is 1. The number of amides is 1. The molecule has 1 saturated heterocycles. The van der Waals surface area contributed by atoms with Crippen molar-refractivity contribution in [3.05, 3.63) is 35.9 Å². The third-order valence-electron chi connectivity index (χ3n) is 4.21. The Kier molecular flexibility index (Phi) is 6.20. The highest BCUT2D eigenvalue weighted by Gasteiger charge is 2.49. The highest BCUT2D eigenvalue weighted by Crippen LogP contribution is 2.31. The molecule has 0 saturated carbocycles. The molecule has 2 rings (SSSR count). The number of aliphatic hydroxyl groups is 1. The normalized spacial score (nSPS) is 23.2. The van der Waals surface area contributed by atoms with Gasteiger partial charge in [-0.05, 0) is 53.5 Å². The molecule has 6 heteroatoms. The first-order chi connectivity index (χ1) is 12.4. The predicted octanol–water partition coefficient (Wildman–Crippen LogP) is 3.17. The summed E-state index contributed by atoms with van der Waals surface area (Å²) in [5.74, 6) is -0.986. The third-order valence-corrected chi connectivity index (χ3v) is 4.21. The lowest BCUT2D eigenvalue weighted by Crippen LogP contribution is -2.48. The van der Waals surface area contributed by atoms with Gasteiger partial charge in [-0.25, -0.2) is 9.59 Å². The van der Waals surface area contributed by atoms with Gasteiger partial charge >= 0.3 is 12.1 Å². The minimum absolute atomic E-state index is 0.0380. The Morgan fingerprint density at radius 2 is 1.59 bits per heavy atom. The van der Waals surface area contributed by atoms with E-state index in [1.807, 2.05) is 30.3 Å². The molecular weight excluding hydrogens is 346 g/mol. The standard InChI is InChI=1S/C21H31NO5/c1-20(2,3)26-18(24)17-15(12-14-10-8-7-9-11-14)16(23)13-22(17)19(25)27-21(4,5)6/h7-11,15-17,23H,12-13H2,1-6H3. The first kappa shape index (κ1) is 21.2. The Labute approximate surface area is 161 Å². The molecule has 3 unspecified atom stereocenters. The van der Waals surface area contributed by atoms with Gasteiger partial charge in [0, 0.05) is 5.92 Å². The lowest BCUT2D eigenvalue weighted by Gasteiger charge is -2.31. The number of aliphatic hydroxyl groups excluding tert-OH is 1. The smallest absolute Gasteiger partial charge is 0.411 e. The zero-order chi connectivity index (χ0) is 20.4. The number of hydrogen-bond acceptors (Lipinski definition) is 5. The fraction of sp³-hybridized carbons (Fsp3) is 0.619. The Balaban J connectivity index is 2.30. The molecule has 1 aliphatic rings. The number of β-amino-alcohol motifs (C(OH)–C–C–N with tert-alkyl or cyclic N) is 1. The minimum atomic E-state index is -0.894. The van der Waals surface area contributed by atoms with Crippen molar-refractivity contribution in [3.63, 3.8) is 0 Å². The summed E-state index contributed by atoms with van der Waals surface area (Å²) in [5.41, 5.74) is -0.402. The maximum Gasteiger partial charge on any atom is 0.411 e. The summed E-state index contributed by atoms with van der Waals surface area (Å²) in [6.07, 6.45) is -0.992. The van der Waals surface area contributed by atoms with Gasteiger partial charge in [-0.3, -0.25) is 4.90 Å². The van der Waals surface area contributed by atoms with Crippen molar-refractivity contribution < 1.29 is 24.2 Å². The minimum Gasteiger partial charge on any atom is -0.458 e. The van der Waals surface area contributed by atoms with Crippen molar-refractivity contribution in [3.8, 4) is 0 Å². The number of benzene rings is 1. The molecule has 0 aliphatic carbocycles. The molecule has 0 bridgehead atoms. The van der Waals surface area contributed by atoms with Crippen molar-refractivity contribution >= 4 is 12.1 Å². The van der Waals surface area contributed by atoms with Crippen LogP contribution in [0.3, 0.4) is 0 Å².